The number of aryl methyl sites for hydroxylation is 2. The van der Waals surface area contributed by atoms with Crippen LogP contribution in [-0.4, -0.2) is 50.9 Å². The van der Waals surface area contributed by atoms with Crippen LogP contribution in [0, 0.1) is 0 Å². The Morgan fingerprint density at radius 1 is 1.23 bits per heavy atom. The fourth-order valence-electron chi connectivity index (χ4n) is 4.08. The highest BCUT2D eigenvalue weighted by molar-refractivity contribution is 7.11. The van der Waals surface area contributed by atoms with E-state index in [1.165, 1.54) is 60.6 Å². The number of thiazole rings is 1. The van der Waals surface area contributed by atoms with E-state index in [2.05, 4.69) is 26.8 Å². The first-order valence-electron chi connectivity index (χ1n) is 9.65. The number of fused-ring (bicyclic) bond motifs is 1. The molecule has 1 aliphatic heterocycles. The van der Waals surface area contributed by atoms with E-state index in [0.29, 0.717) is 11.9 Å². The minimum absolute atomic E-state index is 0.547. The number of nitrogens with two attached hydrogens (primary N) is 1. The van der Waals surface area contributed by atoms with Gasteiger partial charge in [-0.25, -0.2) is 15.0 Å². The first-order chi connectivity index (χ1) is 12.7. The van der Waals surface area contributed by atoms with E-state index in [1.807, 2.05) is 11.3 Å². The summed E-state index contributed by atoms with van der Waals surface area (Å²) in [6.45, 7) is 4.09. The maximum atomic E-state index is 5.77. The Morgan fingerprint density at radius 3 is 3.00 bits per heavy atom. The van der Waals surface area contributed by atoms with Crippen molar-refractivity contribution >= 4 is 17.2 Å². The first-order valence-corrected chi connectivity index (χ1v) is 10.5. The van der Waals surface area contributed by atoms with Gasteiger partial charge in [-0.05, 0) is 58.2 Å². The molecule has 4 rings (SSSR count). The monoisotopic (exact) mass is 372 g/mol. The van der Waals surface area contributed by atoms with E-state index in [-0.39, 0.29) is 0 Å². The zero-order valence-corrected chi connectivity index (χ0v) is 16.3. The van der Waals surface area contributed by atoms with Gasteiger partial charge in [0.1, 0.15) is 16.6 Å². The topological polar surface area (TPSA) is 71.2 Å². The lowest BCUT2D eigenvalue weighted by atomic mass is 10.1. The molecule has 0 amide bonds. The van der Waals surface area contributed by atoms with Crippen LogP contribution in [0.15, 0.2) is 12.3 Å². The third-order valence-corrected chi connectivity index (χ3v) is 6.67. The van der Waals surface area contributed by atoms with E-state index in [1.54, 1.807) is 12.3 Å². The molecule has 2 aromatic rings. The molecule has 2 N–H and O–H groups in total. The Labute approximate surface area is 159 Å². The molecule has 0 aromatic carbocycles. The molecule has 0 spiro atoms. The summed E-state index contributed by atoms with van der Waals surface area (Å²) in [5.74, 6) is 1.36. The predicted octanol–water partition coefficient (Wildman–Crippen LogP) is 2.49. The summed E-state index contributed by atoms with van der Waals surface area (Å²) in [6, 6.07) is 2.31. The van der Waals surface area contributed by atoms with Gasteiger partial charge in [0.05, 0.1) is 18.8 Å². The summed E-state index contributed by atoms with van der Waals surface area (Å²) in [5.41, 5.74) is 7.15. The number of hydrogen-bond acceptors (Lipinski definition) is 7. The van der Waals surface area contributed by atoms with E-state index in [9.17, 15) is 0 Å². The van der Waals surface area contributed by atoms with Crippen LogP contribution in [0.4, 0.5) is 5.82 Å². The Kier molecular flexibility index (Phi) is 5.47. The zero-order chi connectivity index (χ0) is 17.9. The van der Waals surface area contributed by atoms with Crippen LogP contribution in [0.5, 0.6) is 0 Å². The van der Waals surface area contributed by atoms with Crippen LogP contribution in [0.2, 0.25) is 0 Å². The molecular formula is C19H28N6S. The van der Waals surface area contributed by atoms with Crippen LogP contribution in [-0.2, 0) is 25.9 Å². The smallest absolute Gasteiger partial charge is 0.144 e. The molecule has 0 radical (unpaired) electrons. The van der Waals surface area contributed by atoms with Crippen molar-refractivity contribution in [3.63, 3.8) is 0 Å². The normalized spacial score (nSPS) is 21.1. The van der Waals surface area contributed by atoms with Gasteiger partial charge < -0.3 is 5.73 Å². The largest absolute Gasteiger partial charge is 0.384 e. The molecule has 7 heteroatoms. The van der Waals surface area contributed by atoms with Crippen molar-refractivity contribution in [1.29, 1.82) is 0 Å². The average molecular weight is 373 g/mol. The van der Waals surface area contributed by atoms with Crippen molar-refractivity contribution in [3.05, 3.63) is 33.7 Å². The molecule has 1 saturated heterocycles. The lowest BCUT2D eigenvalue weighted by Gasteiger charge is -2.26. The van der Waals surface area contributed by atoms with Gasteiger partial charge in [0.25, 0.3) is 0 Å². The molecule has 0 bridgehead atoms. The van der Waals surface area contributed by atoms with Crippen molar-refractivity contribution in [2.24, 2.45) is 0 Å². The van der Waals surface area contributed by atoms with E-state index in [0.717, 1.165) is 25.5 Å². The molecule has 26 heavy (non-hydrogen) atoms. The van der Waals surface area contributed by atoms with Crippen molar-refractivity contribution in [3.8, 4) is 0 Å². The summed E-state index contributed by atoms with van der Waals surface area (Å²) < 4.78 is 0. The lowest BCUT2D eigenvalue weighted by molar-refractivity contribution is 0.202. The van der Waals surface area contributed by atoms with Crippen LogP contribution in [0.25, 0.3) is 0 Å². The highest BCUT2D eigenvalue weighted by Gasteiger charge is 2.23. The minimum Gasteiger partial charge on any atom is -0.384 e. The maximum Gasteiger partial charge on any atom is 0.144 e. The van der Waals surface area contributed by atoms with Gasteiger partial charge >= 0.3 is 0 Å². The molecule has 1 unspecified atom stereocenters. The summed E-state index contributed by atoms with van der Waals surface area (Å²) in [6.07, 6.45) is 9.11. The van der Waals surface area contributed by atoms with E-state index >= 15 is 0 Å². The molecule has 1 atom stereocenters. The highest BCUT2D eigenvalue weighted by atomic mass is 32.1. The van der Waals surface area contributed by atoms with Crippen molar-refractivity contribution in [2.75, 3.05) is 25.9 Å². The second kappa shape index (κ2) is 7.98. The van der Waals surface area contributed by atoms with Crippen LogP contribution >= 0.6 is 11.3 Å². The van der Waals surface area contributed by atoms with Crippen LogP contribution in [0.1, 0.15) is 47.1 Å². The molecule has 0 saturated carbocycles. The minimum atomic E-state index is 0.547. The quantitative estimate of drug-likeness (QED) is 0.869. The zero-order valence-electron chi connectivity index (χ0n) is 15.5. The molecule has 1 aliphatic carbocycles. The van der Waals surface area contributed by atoms with Gasteiger partial charge in [0.15, 0.2) is 0 Å². The maximum absolute atomic E-state index is 5.77. The summed E-state index contributed by atoms with van der Waals surface area (Å²) in [7, 11) is 2.18. The number of hydrogen-bond donors (Lipinski definition) is 1. The Bertz CT molecular complexity index is 724. The number of nitrogen functional groups attached to an aromatic ring is 1. The van der Waals surface area contributed by atoms with E-state index < -0.39 is 0 Å². The fourth-order valence-corrected chi connectivity index (χ4v) is 5.28. The van der Waals surface area contributed by atoms with Gasteiger partial charge in [0, 0.05) is 23.7 Å². The van der Waals surface area contributed by atoms with Crippen molar-refractivity contribution in [2.45, 2.75) is 57.7 Å². The van der Waals surface area contributed by atoms with E-state index in [4.69, 9.17) is 10.7 Å². The number of rotatable bonds is 5. The molecular weight excluding hydrogens is 344 g/mol. The molecule has 1 fully saturated rings. The summed E-state index contributed by atoms with van der Waals surface area (Å²) in [4.78, 5) is 20.1. The number of aromatic nitrogens is 3. The molecule has 2 aliphatic rings. The van der Waals surface area contributed by atoms with Gasteiger partial charge in [-0.1, -0.05) is 0 Å². The summed E-state index contributed by atoms with van der Waals surface area (Å²) >= 11 is 1.94. The fraction of sp³-hybridized carbons (Fsp3) is 0.632. The van der Waals surface area contributed by atoms with Gasteiger partial charge in [0.2, 0.25) is 0 Å². The first kappa shape index (κ1) is 17.8. The molecule has 140 valence electrons. The Balaban J connectivity index is 1.31. The van der Waals surface area contributed by atoms with Gasteiger partial charge in [-0.15, -0.1) is 11.3 Å². The predicted molar refractivity (Wildman–Crippen MR) is 105 cm³/mol. The summed E-state index contributed by atoms with van der Waals surface area (Å²) in [5, 5.41) is 1.31. The average Bonchev–Trinajstić information content (AvgIpc) is 3.10. The van der Waals surface area contributed by atoms with Crippen LogP contribution < -0.4 is 5.73 Å². The number of likely N-dealkylation sites (tertiary alicyclic amines) is 1. The molecule has 3 heterocycles. The number of anilines is 1. The molecule has 6 nitrogen and oxygen atoms in total. The second-order valence-electron chi connectivity index (χ2n) is 7.50. The lowest BCUT2D eigenvalue weighted by Crippen LogP contribution is -2.33. The third-order valence-electron chi connectivity index (χ3n) is 5.53. The Hall–Kier alpha value is -1.57. The standard InChI is InChI=1S/C19H28N6S/c1-24(12-18-21-9-7-17(20)23-18)14-4-3-10-25(11-8-14)13-19-22-15-5-2-6-16(15)26-19/h7,9,14H,2-6,8,10-13H2,1H3,(H2,20,21,23). The second-order valence-corrected chi connectivity index (χ2v) is 8.67. The van der Waals surface area contributed by atoms with Crippen molar-refractivity contribution in [1.82, 2.24) is 24.8 Å². The van der Waals surface area contributed by atoms with Crippen molar-refractivity contribution < 1.29 is 0 Å². The van der Waals surface area contributed by atoms with Crippen LogP contribution in [0.3, 0.4) is 0 Å². The third kappa shape index (κ3) is 4.22. The highest BCUT2D eigenvalue weighted by Crippen LogP contribution is 2.28. The van der Waals surface area contributed by atoms with Gasteiger partial charge in [-0.3, -0.25) is 9.80 Å². The van der Waals surface area contributed by atoms with Gasteiger partial charge in [-0.2, -0.15) is 0 Å². The SMILES string of the molecule is CN(Cc1nccc(N)n1)C1CCCN(Cc2nc3c(s2)CCC3)CC1. The Morgan fingerprint density at radius 2 is 2.15 bits per heavy atom. The number of nitrogens with zero attached hydrogens (tertiary/aromatic N) is 5. The molecule has 2 aromatic heterocycles.